The van der Waals surface area contributed by atoms with Gasteiger partial charge in [0, 0.05) is 11.0 Å². The first-order valence-corrected chi connectivity index (χ1v) is 7.08. The predicted molar refractivity (Wildman–Crippen MR) is 76.1 cm³/mol. The number of rotatable bonds is 5. The molecule has 1 atom stereocenters. The molecular formula is C11H21NO4S2. The molecule has 0 unspecified atom stereocenters. The van der Waals surface area contributed by atoms with Gasteiger partial charge in [-0.15, -0.1) is 0 Å². The largest absolute Gasteiger partial charge is 0.480 e. The monoisotopic (exact) mass is 295 g/mol. The lowest BCUT2D eigenvalue weighted by Gasteiger charge is -2.30. The van der Waals surface area contributed by atoms with Crippen molar-refractivity contribution in [2.24, 2.45) is 0 Å². The average molecular weight is 295 g/mol. The Bertz CT molecular complexity index is 302. The molecule has 0 aliphatic carbocycles. The lowest BCUT2D eigenvalue weighted by molar-refractivity contribution is -0.140. The van der Waals surface area contributed by atoms with E-state index in [0.717, 1.165) is 16.3 Å². The first kappa shape index (κ1) is 17.4. The summed E-state index contributed by atoms with van der Waals surface area (Å²) in [5.74, 6) is -1.06. The van der Waals surface area contributed by atoms with Gasteiger partial charge in [0.15, 0.2) is 6.04 Å². The number of carboxylic acids is 1. The fourth-order valence-corrected chi connectivity index (χ4v) is 2.35. The zero-order valence-corrected chi connectivity index (χ0v) is 13.0. The van der Waals surface area contributed by atoms with Gasteiger partial charge in [-0.05, 0) is 32.7 Å². The van der Waals surface area contributed by atoms with E-state index in [2.05, 4.69) is 12.6 Å². The third-order valence-electron chi connectivity index (χ3n) is 1.64. The van der Waals surface area contributed by atoms with Crippen molar-refractivity contribution in [2.75, 3.05) is 5.75 Å². The predicted octanol–water partition coefficient (Wildman–Crippen LogP) is 2.66. The van der Waals surface area contributed by atoms with Gasteiger partial charge < -0.3 is 9.84 Å². The van der Waals surface area contributed by atoms with Crippen LogP contribution in [0.2, 0.25) is 0 Å². The summed E-state index contributed by atoms with van der Waals surface area (Å²) >= 11 is 5.12. The van der Waals surface area contributed by atoms with Crippen molar-refractivity contribution in [1.82, 2.24) is 4.31 Å². The van der Waals surface area contributed by atoms with Gasteiger partial charge in [0.2, 0.25) is 0 Å². The zero-order valence-electron chi connectivity index (χ0n) is 11.3. The second-order valence-electron chi connectivity index (χ2n) is 5.00. The van der Waals surface area contributed by atoms with Gasteiger partial charge in [0.25, 0.3) is 0 Å². The maximum atomic E-state index is 12.0. The van der Waals surface area contributed by atoms with E-state index in [4.69, 9.17) is 9.84 Å². The average Bonchev–Trinajstić information content (AvgIpc) is 2.13. The number of nitrogens with zero attached hydrogens (tertiary/aromatic N) is 1. The molecule has 0 spiro atoms. The minimum absolute atomic E-state index is 0.0360. The van der Waals surface area contributed by atoms with Crippen LogP contribution >= 0.6 is 24.6 Å². The first-order chi connectivity index (χ1) is 8.08. The van der Waals surface area contributed by atoms with E-state index in [9.17, 15) is 9.59 Å². The molecule has 0 aromatic rings. The molecule has 1 N–H and O–H groups in total. The van der Waals surface area contributed by atoms with E-state index in [-0.39, 0.29) is 11.0 Å². The second-order valence-corrected chi connectivity index (χ2v) is 6.91. The Kier molecular flexibility index (Phi) is 6.91. The van der Waals surface area contributed by atoms with Crippen LogP contribution in [0, 0.1) is 0 Å². The highest BCUT2D eigenvalue weighted by Crippen LogP contribution is 2.24. The Balaban J connectivity index is 4.97. The highest BCUT2D eigenvalue weighted by atomic mass is 32.2. The fourth-order valence-electron chi connectivity index (χ4n) is 1.03. The van der Waals surface area contributed by atoms with Crippen molar-refractivity contribution in [3.05, 3.63) is 0 Å². The molecule has 7 heteroatoms. The van der Waals surface area contributed by atoms with Crippen LogP contribution < -0.4 is 0 Å². The van der Waals surface area contributed by atoms with Gasteiger partial charge in [-0.25, -0.2) is 13.9 Å². The lowest BCUT2D eigenvalue weighted by atomic mass is 10.2. The van der Waals surface area contributed by atoms with E-state index in [1.54, 1.807) is 20.8 Å². The summed E-state index contributed by atoms with van der Waals surface area (Å²) in [6.07, 6.45) is -0.650. The molecule has 0 aromatic carbocycles. The van der Waals surface area contributed by atoms with Gasteiger partial charge in [-0.1, -0.05) is 13.8 Å². The quantitative estimate of drug-likeness (QED) is 0.603. The molecule has 0 aliphatic heterocycles. The Morgan fingerprint density at radius 1 is 1.39 bits per heavy atom. The van der Waals surface area contributed by atoms with Crippen LogP contribution in [0.4, 0.5) is 4.79 Å². The molecule has 5 nitrogen and oxygen atoms in total. The van der Waals surface area contributed by atoms with E-state index in [1.807, 2.05) is 13.8 Å². The van der Waals surface area contributed by atoms with Crippen molar-refractivity contribution in [3.63, 3.8) is 0 Å². The van der Waals surface area contributed by atoms with Crippen LogP contribution in [0.15, 0.2) is 0 Å². The summed E-state index contributed by atoms with van der Waals surface area (Å²) in [6.45, 7) is 8.96. The number of thiol groups is 1. The number of hydrogen-bond acceptors (Lipinski definition) is 5. The summed E-state index contributed by atoms with van der Waals surface area (Å²) in [4.78, 5) is 23.1. The Labute approximate surface area is 118 Å². The van der Waals surface area contributed by atoms with E-state index in [1.165, 1.54) is 0 Å². The molecule has 0 aliphatic rings. The van der Waals surface area contributed by atoms with Gasteiger partial charge in [0.05, 0.1) is 0 Å². The fraction of sp³-hybridized carbons (Fsp3) is 0.818. The molecule has 0 aromatic heterocycles. The molecule has 0 saturated heterocycles. The normalized spacial score (nSPS) is 13.3. The summed E-state index contributed by atoms with van der Waals surface area (Å²) < 4.78 is 6.35. The summed E-state index contributed by atoms with van der Waals surface area (Å²) in [6, 6.07) is -1.00. The molecule has 0 fully saturated rings. The number of hydrogen-bond donors (Lipinski definition) is 2. The third-order valence-corrected chi connectivity index (χ3v) is 3.04. The van der Waals surface area contributed by atoms with E-state index in [0.29, 0.717) is 0 Å². The smallest absolute Gasteiger partial charge is 0.421 e. The topological polar surface area (TPSA) is 66.8 Å². The second kappa shape index (κ2) is 7.13. The van der Waals surface area contributed by atoms with Crippen molar-refractivity contribution in [1.29, 1.82) is 0 Å². The number of amides is 1. The molecular weight excluding hydrogens is 274 g/mol. The number of carbonyl (C=O) groups excluding carboxylic acids is 1. The van der Waals surface area contributed by atoms with E-state index < -0.39 is 23.7 Å². The van der Waals surface area contributed by atoms with Gasteiger partial charge in [-0.3, -0.25) is 0 Å². The van der Waals surface area contributed by atoms with Gasteiger partial charge in [0.1, 0.15) is 5.60 Å². The van der Waals surface area contributed by atoms with Crippen molar-refractivity contribution in [2.45, 2.75) is 51.5 Å². The van der Waals surface area contributed by atoms with Crippen molar-refractivity contribution in [3.8, 4) is 0 Å². The summed E-state index contributed by atoms with van der Waals surface area (Å²) in [5.41, 5.74) is -0.660. The first-order valence-electron chi connectivity index (χ1n) is 5.61. The zero-order chi connectivity index (χ0) is 14.5. The number of carboxylic acid groups (broad SMARTS) is 1. The van der Waals surface area contributed by atoms with Crippen LogP contribution in [0.1, 0.15) is 34.6 Å². The Hall–Kier alpha value is -0.560. The van der Waals surface area contributed by atoms with Crippen molar-refractivity contribution >= 4 is 36.6 Å². The van der Waals surface area contributed by atoms with Crippen LogP contribution in [0.5, 0.6) is 0 Å². The third kappa shape index (κ3) is 6.39. The molecule has 1 amide bonds. The molecule has 0 heterocycles. The standard InChI is InChI=1S/C11H21NO4S2/c1-7(2)18-12(8(6-17)9(13)14)10(15)16-11(3,4)5/h7-8,17H,6H2,1-5H3,(H,13,14)/t8-/m0/s1. The number of carbonyl (C=O) groups is 2. The minimum Gasteiger partial charge on any atom is -0.480 e. The molecule has 18 heavy (non-hydrogen) atoms. The molecule has 106 valence electrons. The summed E-state index contributed by atoms with van der Waals surface area (Å²) in [7, 11) is 0. The highest BCUT2D eigenvalue weighted by molar-refractivity contribution is 7.98. The van der Waals surface area contributed by atoms with Gasteiger partial charge >= 0.3 is 12.1 Å². The van der Waals surface area contributed by atoms with Gasteiger partial charge in [-0.2, -0.15) is 12.6 Å². The van der Waals surface area contributed by atoms with Crippen molar-refractivity contribution < 1.29 is 19.4 Å². The molecule has 0 rings (SSSR count). The van der Waals surface area contributed by atoms with Crippen LogP contribution in [-0.4, -0.2) is 44.1 Å². The maximum absolute atomic E-state index is 12.0. The van der Waals surface area contributed by atoms with Crippen LogP contribution in [0.3, 0.4) is 0 Å². The minimum atomic E-state index is -1.09. The Morgan fingerprint density at radius 3 is 2.17 bits per heavy atom. The lowest BCUT2D eigenvalue weighted by Crippen LogP contribution is -2.45. The summed E-state index contributed by atoms with van der Waals surface area (Å²) in [5, 5.41) is 9.16. The molecule has 0 radical (unpaired) electrons. The number of aliphatic carboxylic acids is 1. The Morgan fingerprint density at radius 2 is 1.89 bits per heavy atom. The van der Waals surface area contributed by atoms with Crippen LogP contribution in [-0.2, 0) is 9.53 Å². The maximum Gasteiger partial charge on any atom is 0.421 e. The SMILES string of the molecule is CC(C)SN(C(=O)OC(C)(C)C)[C@@H](CS)C(=O)O. The van der Waals surface area contributed by atoms with E-state index >= 15 is 0 Å². The molecule has 0 saturated carbocycles. The highest BCUT2D eigenvalue weighted by Gasteiger charge is 2.33. The molecule has 0 bridgehead atoms. The van der Waals surface area contributed by atoms with Crippen LogP contribution in [0.25, 0.3) is 0 Å². The number of ether oxygens (including phenoxy) is 1.